The summed E-state index contributed by atoms with van der Waals surface area (Å²) in [6.45, 7) is 2.79. The normalized spacial score (nSPS) is 19.8. The maximum atomic E-state index is 12.3. The lowest BCUT2D eigenvalue weighted by Crippen LogP contribution is -2.40. The molecular formula is C14H21N3O. The number of hydrogen-bond donors (Lipinski definition) is 1. The molecule has 1 fully saturated rings. The zero-order chi connectivity index (χ0) is 12.8. The van der Waals surface area contributed by atoms with Crippen LogP contribution in [0.15, 0.2) is 24.5 Å². The van der Waals surface area contributed by atoms with Crippen molar-refractivity contribution in [2.45, 2.75) is 19.3 Å². The third kappa shape index (κ3) is 3.29. The molecule has 0 bridgehead atoms. The van der Waals surface area contributed by atoms with Crippen molar-refractivity contribution in [3.63, 3.8) is 0 Å². The average molecular weight is 247 g/mol. The molecule has 4 heteroatoms. The van der Waals surface area contributed by atoms with E-state index < -0.39 is 0 Å². The Labute approximate surface area is 108 Å². The van der Waals surface area contributed by atoms with Crippen LogP contribution in [-0.2, 0) is 0 Å². The molecule has 98 valence electrons. The summed E-state index contributed by atoms with van der Waals surface area (Å²) in [4.78, 5) is 18.3. The predicted molar refractivity (Wildman–Crippen MR) is 71.4 cm³/mol. The predicted octanol–water partition coefficient (Wildman–Crippen LogP) is 1.54. The van der Waals surface area contributed by atoms with Crippen LogP contribution in [-0.4, -0.2) is 42.5 Å². The summed E-state index contributed by atoms with van der Waals surface area (Å²) in [7, 11) is 1.97. The molecule has 0 spiro atoms. The number of piperidine rings is 1. The summed E-state index contributed by atoms with van der Waals surface area (Å²) in [6, 6.07) is 3.65. The van der Waals surface area contributed by atoms with E-state index in [4.69, 9.17) is 0 Å². The first kappa shape index (κ1) is 13.0. The van der Waals surface area contributed by atoms with Crippen LogP contribution >= 0.6 is 0 Å². The van der Waals surface area contributed by atoms with E-state index in [9.17, 15) is 4.79 Å². The van der Waals surface area contributed by atoms with E-state index in [2.05, 4.69) is 10.3 Å². The molecular weight excluding hydrogens is 226 g/mol. The second-order valence-corrected chi connectivity index (χ2v) is 4.89. The highest BCUT2D eigenvalue weighted by Gasteiger charge is 2.24. The van der Waals surface area contributed by atoms with Crippen molar-refractivity contribution in [1.82, 2.24) is 15.2 Å². The summed E-state index contributed by atoms with van der Waals surface area (Å²) in [5, 5.41) is 3.18. The molecule has 1 aromatic rings. The number of carbonyl (C=O) groups is 1. The molecule has 1 saturated heterocycles. The van der Waals surface area contributed by atoms with Crippen molar-refractivity contribution >= 4 is 5.91 Å². The minimum Gasteiger partial charge on any atom is -0.338 e. The number of nitrogens with one attached hydrogen (secondary N) is 1. The largest absolute Gasteiger partial charge is 0.338 e. The highest BCUT2D eigenvalue weighted by atomic mass is 16.2. The maximum absolute atomic E-state index is 12.3. The molecule has 2 heterocycles. The smallest absolute Gasteiger partial charge is 0.255 e. The Kier molecular flexibility index (Phi) is 4.70. The van der Waals surface area contributed by atoms with Crippen LogP contribution in [0.1, 0.15) is 29.6 Å². The Morgan fingerprint density at radius 1 is 1.61 bits per heavy atom. The molecule has 0 radical (unpaired) electrons. The van der Waals surface area contributed by atoms with Crippen molar-refractivity contribution < 1.29 is 4.79 Å². The highest BCUT2D eigenvalue weighted by molar-refractivity contribution is 5.93. The van der Waals surface area contributed by atoms with Gasteiger partial charge in [0.15, 0.2) is 0 Å². The topological polar surface area (TPSA) is 45.2 Å². The van der Waals surface area contributed by atoms with Gasteiger partial charge in [0.2, 0.25) is 0 Å². The maximum Gasteiger partial charge on any atom is 0.255 e. The molecule has 1 atom stereocenters. The number of pyridine rings is 1. The Morgan fingerprint density at radius 3 is 3.22 bits per heavy atom. The number of aromatic nitrogens is 1. The zero-order valence-electron chi connectivity index (χ0n) is 10.9. The quantitative estimate of drug-likeness (QED) is 0.878. The minimum absolute atomic E-state index is 0.122. The Hall–Kier alpha value is -1.42. The summed E-state index contributed by atoms with van der Waals surface area (Å²) >= 11 is 0. The SMILES string of the molecule is CNCCC1CCCN(C(=O)c2cccnc2)C1. The fourth-order valence-corrected chi connectivity index (χ4v) is 2.51. The van der Waals surface area contributed by atoms with Gasteiger partial charge in [0, 0.05) is 25.5 Å². The molecule has 1 aliphatic heterocycles. The van der Waals surface area contributed by atoms with Gasteiger partial charge in [0.1, 0.15) is 0 Å². The molecule has 1 aromatic heterocycles. The number of amides is 1. The minimum atomic E-state index is 0.122. The first-order chi connectivity index (χ1) is 8.81. The number of rotatable bonds is 4. The average Bonchev–Trinajstić information content (AvgIpc) is 2.45. The third-order valence-electron chi connectivity index (χ3n) is 3.52. The van der Waals surface area contributed by atoms with Gasteiger partial charge >= 0.3 is 0 Å². The highest BCUT2D eigenvalue weighted by Crippen LogP contribution is 2.20. The number of hydrogen-bond acceptors (Lipinski definition) is 3. The van der Waals surface area contributed by atoms with Crippen LogP contribution in [0, 0.1) is 5.92 Å². The Bertz CT molecular complexity index is 380. The van der Waals surface area contributed by atoms with Gasteiger partial charge in [-0.2, -0.15) is 0 Å². The number of carbonyl (C=O) groups excluding carboxylic acids is 1. The van der Waals surface area contributed by atoms with Gasteiger partial charge in [0.25, 0.3) is 5.91 Å². The molecule has 0 aliphatic carbocycles. The van der Waals surface area contributed by atoms with Gasteiger partial charge < -0.3 is 10.2 Å². The molecule has 1 amide bonds. The van der Waals surface area contributed by atoms with Crippen molar-refractivity contribution in [3.8, 4) is 0 Å². The Morgan fingerprint density at radius 2 is 2.50 bits per heavy atom. The van der Waals surface area contributed by atoms with Gasteiger partial charge in [-0.3, -0.25) is 9.78 Å². The van der Waals surface area contributed by atoms with Gasteiger partial charge in [-0.25, -0.2) is 0 Å². The first-order valence-corrected chi connectivity index (χ1v) is 6.65. The van der Waals surface area contributed by atoms with E-state index in [1.54, 1.807) is 12.4 Å². The van der Waals surface area contributed by atoms with E-state index in [0.29, 0.717) is 11.5 Å². The van der Waals surface area contributed by atoms with E-state index >= 15 is 0 Å². The fraction of sp³-hybridized carbons (Fsp3) is 0.571. The van der Waals surface area contributed by atoms with Crippen LogP contribution in [0.3, 0.4) is 0 Å². The Balaban J connectivity index is 1.94. The molecule has 2 rings (SSSR count). The first-order valence-electron chi connectivity index (χ1n) is 6.65. The summed E-state index contributed by atoms with van der Waals surface area (Å²) in [5.74, 6) is 0.754. The fourth-order valence-electron chi connectivity index (χ4n) is 2.51. The van der Waals surface area contributed by atoms with Crippen molar-refractivity contribution in [2.75, 3.05) is 26.7 Å². The third-order valence-corrected chi connectivity index (χ3v) is 3.52. The molecule has 1 aliphatic rings. The van der Waals surface area contributed by atoms with Gasteiger partial charge in [-0.05, 0) is 50.9 Å². The second kappa shape index (κ2) is 6.50. The molecule has 1 unspecified atom stereocenters. The van der Waals surface area contributed by atoms with Crippen LogP contribution in [0.5, 0.6) is 0 Å². The lowest BCUT2D eigenvalue weighted by atomic mass is 9.94. The van der Waals surface area contributed by atoms with Crippen LogP contribution < -0.4 is 5.32 Å². The van der Waals surface area contributed by atoms with Crippen LogP contribution in [0.25, 0.3) is 0 Å². The lowest BCUT2D eigenvalue weighted by Gasteiger charge is -2.32. The molecule has 0 aromatic carbocycles. The van der Waals surface area contributed by atoms with Crippen molar-refractivity contribution in [3.05, 3.63) is 30.1 Å². The standard InChI is InChI=1S/C14H21N3O/c1-15-8-6-12-4-3-9-17(11-12)14(18)13-5-2-7-16-10-13/h2,5,7,10,12,15H,3-4,6,8-9,11H2,1H3. The van der Waals surface area contributed by atoms with E-state index in [-0.39, 0.29) is 5.91 Å². The number of likely N-dealkylation sites (tertiary alicyclic amines) is 1. The van der Waals surface area contributed by atoms with Gasteiger partial charge in [-0.15, -0.1) is 0 Å². The van der Waals surface area contributed by atoms with Crippen LogP contribution in [0.2, 0.25) is 0 Å². The monoisotopic (exact) mass is 247 g/mol. The van der Waals surface area contributed by atoms with Crippen molar-refractivity contribution in [1.29, 1.82) is 0 Å². The molecule has 0 saturated carbocycles. The number of nitrogens with zero attached hydrogens (tertiary/aromatic N) is 2. The summed E-state index contributed by atoms with van der Waals surface area (Å²) < 4.78 is 0. The van der Waals surface area contributed by atoms with Gasteiger partial charge in [-0.1, -0.05) is 0 Å². The second-order valence-electron chi connectivity index (χ2n) is 4.89. The van der Waals surface area contributed by atoms with E-state index in [1.807, 2.05) is 24.1 Å². The molecule has 18 heavy (non-hydrogen) atoms. The zero-order valence-corrected chi connectivity index (χ0v) is 10.9. The lowest BCUT2D eigenvalue weighted by molar-refractivity contribution is 0.0668. The van der Waals surface area contributed by atoms with Crippen molar-refractivity contribution in [2.24, 2.45) is 5.92 Å². The molecule has 1 N–H and O–H groups in total. The summed E-state index contributed by atoms with van der Waals surface area (Å²) in [5.41, 5.74) is 0.701. The molecule has 4 nitrogen and oxygen atoms in total. The van der Waals surface area contributed by atoms with E-state index in [0.717, 1.165) is 32.5 Å². The van der Waals surface area contributed by atoms with Crippen LogP contribution in [0.4, 0.5) is 0 Å². The van der Waals surface area contributed by atoms with Gasteiger partial charge in [0.05, 0.1) is 5.56 Å². The van der Waals surface area contributed by atoms with E-state index in [1.165, 1.54) is 6.42 Å². The summed E-state index contributed by atoms with van der Waals surface area (Å²) in [6.07, 6.45) is 6.84.